The van der Waals surface area contributed by atoms with E-state index in [4.69, 9.17) is 0 Å². The highest BCUT2D eigenvalue weighted by atomic mass is 32.2. The normalized spacial score (nSPS) is 22.2. The summed E-state index contributed by atoms with van der Waals surface area (Å²) in [6, 6.07) is 7.08. The van der Waals surface area contributed by atoms with E-state index in [-0.39, 0.29) is 23.1 Å². The minimum Gasteiger partial charge on any atom is -0.349 e. The van der Waals surface area contributed by atoms with Crippen LogP contribution in [0.15, 0.2) is 24.3 Å². The standard InChI is InChI=1S/C19H29NO3S/c1-19(2,3)16-7-5-6-8-17(16)20-18(21)15-11-9-14(10-12-15)13-24(4,22)23/h9-12,16-17H,5-8,13H2,1-4H3,(H,20,21). The summed E-state index contributed by atoms with van der Waals surface area (Å²) in [6.07, 6.45) is 5.78. The highest BCUT2D eigenvalue weighted by Gasteiger charge is 2.34. The Bertz CT molecular complexity index is 672. The van der Waals surface area contributed by atoms with E-state index in [0.29, 0.717) is 17.0 Å². The van der Waals surface area contributed by atoms with Gasteiger partial charge in [0, 0.05) is 17.9 Å². The molecule has 1 N–H and O–H groups in total. The van der Waals surface area contributed by atoms with Gasteiger partial charge in [-0.15, -0.1) is 0 Å². The summed E-state index contributed by atoms with van der Waals surface area (Å²) in [4.78, 5) is 12.6. The molecule has 0 saturated heterocycles. The van der Waals surface area contributed by atoms with Crippen molar-refractivity contribution < 1.29 is 13.2 Å². The monoisotopic (exact) mass is 351 g/mol. The first-order valence-corrected chi connectivity index (χ1v) is 10.7. The molecule has 1 aliphatic rings. The first kappa shape index (κ1) is 19.0. The highest BCUT2D eigenvalue weighted by molar-refractivity contribution is 7.89. The molecule has 2 rings (SSSR count). The topological polar surface area (TPSA) is 63.2 Å². The van der Waals surface area contributed by atoms with Crippen molar-refractivity contribution in [3.63, 3.8) is 0 Å². The van der Waals surface area contributed by atoms with E-state index in [0.717, 1.165) is 19.3 Å². The second-order valence-corrected chi connectivity index (χ2v) is 10.2. The predicted octanol–water partition coefficient (Wildman–Crippen LogP) is 3.57. The lowest BCUT2D eigenvalue weighted by Gasteiger charge is -2.40. The summed E-state index contributed by atoms with van der Waals surface area (Å²) in [5, 5.41) is 3.20. The van der Waals surface area contributed by atoms with E-state index in [9.17, 15) is 13.2 Å². The number of rotatable bonds is 4. The molecule has 0 aromatic heterocycles. The Hall–Kier alpha value is -1.36. The van der Waals surface area contributed by atoms with Crippen LogP contribution in [0, 0.1) is 11.3 Å². The van der Waals surface area contributed by atoms with Crippen molar-refractivity contribution >= 4 is 15.7 Å². The Labute approximate surface area is 146 Å². The largest absolute Gasteiger partial charge is 0.349 e. The fourth-order valence-electron chi connectivity index (χ4n) is 3.65. The molecule has 5 heteroatoms. The van der Waals surface area contributed by atoms with Gasteiger partial charge in [0.1, 0.15) is 0 Å². The molecule has 0 radical (unpaired) electrons. The van der Waals surface area contributed by atoms with E-state index in [1.165, 1.54) is 12.7 Å². The molecule has 2 atom stereocenters. The lowest BCUT2D eigenvalue weighted by molar-refractivity contribution is 0.0830. The molecule has 1 aromatic carbocycles. The van der Waals surface area contributed by atoms with Crippen LogP contribution in [-0.2, 0) is 15.6 Å². The molecule has 2 unspecified atom stereocenters. The van der Waals surface area contributed by atoms with Crippen molar-refractivity contribution in [2.45, 2.75) is 58.2 Å². The summed E-state index contributed by atoms with van der Waals surface area (Å²) in [5.74, 6) is 0.422. The third-order valence-corrected chi connectivity index (χ3v) is 5.70. The number of hydrogen-bond donors (Lipinski definition) is 1. The third kappa shape index (κ3) is 5.33. The average molecular weight is 352 g/mol. The number of benzene rings is 1. The van der Waals surface area contributed by atoms with Crippen molar-refractivity contribution in [3.8, 4) is 0 Å². The molecule has 0 aliphatic heterocycles. The number of carbonyl (C=O) groups is 1. The van der Waals surface area contributed by atoms with Gasteiger partial charge < -0.3 is 5.32 Å². The molecule has 1 aliphatic carbocycles. The van der Waals surface area contributed by atoms with Crippen LogP contribution >= 0.6 is 0 Å². The van der Waals surface area contributed by atoms with Crippen LogP contribution in [0.25, 0.3) is 0 Å². The van der Waals surface area contributed by atoms with E-state index in [1.807, 2.05) is 0 Å². The Morgan fingerprint density at radius 2 is 1.71 bits per heavy atom. The van der Waals surface area contributed by atoms with Crippen LogP contribution in [0.3, 0.4) is 0 Å². The molecule has 0 heterocycles. The number of sulfone groups is 1. The van der Waals surface area contributed by atoms with Crippen LogP contribution in [-0.4, -0.2) is 26.6 Å². The molecule has 134 valence electrons. The molecule has 1 aromatic rings. The first-order chi connectivity index (χ1) is 11.1. The van der Waals surface area contributed by atoms with E-state index < -0.39 is 9.84 Å². The third-order valence-electron chi connectivity index (χ3n) is 4.84. The van der Waals surface area contributed by atoms with Gasteiger partial charge in [0.05, 0.1) is 5.75 Å². The quantitative estimate of drug-likeness (QED) is 0.902. The fourth-order valence-corrected chi connectivity index (χ4v) is 4.44. The maximum atomic E-state index is 12.6. The molecule has 4 nitrogen and oxygen atoms in total. The van der Waals surface area contributed by atoms with Crippen molar-refractivity contribution in [2.75, 3.05) is 6.26 Å². The molecule has 0 spiro atoms. The fraction of sp³-hybridized carbons (Fsp3) is 0.632. The van der Waals surface area contributed by atoms with Crippen LogP contribution in [0.5, 0.6) is 0 Å². The minimum atomic E-state index is -3.06. The van der Waals surface area contributed by atoms with Crippen LogP contribution in [0.1, 0.15) is 62.4 Å². The summed E-state index contributed by atoms with van der Waals surface area (Å²) in [7, 11) is -3.06. The maximum absolute atomic E-state index is 12.6. The second kappa shape index (κ2) is 7.26. The summed E-state index contributed by atoms with van der Waals surface area (Å²) >= 11 is 0. The van der Waals surface area contributed by atoms with Crippen LogP contribution in [0.4, 0.5) is 0 Å². The van der Waals surface area contributed by atoms with Gasteiger partial charge in [-0.1, -0.05) is 45.7 Å². The zero-order valence-corrected chi connectivity index (χ0v) is 15.9. The lowest BCUT2D eigenvalue weighted by atomic mass is 9.69. The Morgan fingerprint density at radius 3 is 2.25 bits per heavy atom. The van der Waals surface area contributed by atoms with Gasteiger partial charge in [0.2, 0.25) is 0 Å². The zero-order valence-electron chi connectivity index (χ0n) is 15.1. The second-order valence-electron chi connectivity index (χ2n) is 8.10. The van der Waals surface area contributed by atoms with E-state index in [2.05, 4.69) is 26.1 Å². The van der Waals surface area contributed by atoms with Crippen molar-refractivity contribution in [1.29, 1.82) is 0 Å². The van der Waals surface area contributed by atoms with E-state index >= 15 is 0 Å². The van der Waals surface area contributed by atoms with Crippen molar-refractivity contribution in [3.05, 3.63) is 35.4 Å². The predicted molar refractivity (Wildman–Crippen MR) is 97.7 cm³/mol. The number of amides is 1. The molecule has 1 saturated carbocycles. The summed E-state index contributed by atoms with van der Waals surface area (Å²) in [5.41, 5.74) is 1.47. The Balaban J connectivity index is 2.06. The van der Waals surface area contributed by atoms with E-state index in [1.54, 1.807) is 24.3 Å². The van der Waals surface area contributed by atoms with Gasteiger partial charge in [-0.05, 0) is 41.9 Å². The maximum Gasteiger partial charge on any atom is 0.251 e. The highest BCUT2D eigenvalue weighted by Crippen LogP contribution is 2.38. The van der Waals surface area contributed by atoms with Gasteiger partial charge >= 0.3 is 0 Å². The molecule has 1 fully saturated rings. The van der Waals surface area contributed by atoms with Crippen LogP contribution < -0.4 is 5.32 Å². The zero-order chi connectivity index (χ0) is 18.0. The SMILES string of the molecule is CC(C)(C)C1CCCCC1NC(=O)c1ccc(CS(C)(=O)=O)cc1. The number of carbonyl (C=O) groups excluding carboxylic acids is 1. The molecular weight excluding hydrogens is 322 g/mol. The van der Waals surface area contributed by atoms with Gasteiger partial charge in [0.25, 0.3) is 5.91 Å². The van der Waals surface area contributed by atoms with Gasteiger partial charge in [-0.25, -0.2) is 8.42 Å². The average Bonchev–Trinajstić information content (AvgIpc) is 2.45. The van der Waals surface area contributed by atoms with Gasteiger partial charge in [-0.2, -0.15) is 0 Å². The smallest absolute Gasteiger partial charge is 0.251 e. The Morgan fingerprint density at radius 1 is 1.12 bits per heavy atom. The number of nitrogens with one attached hydrogen (secondary N) is 1. The van der Waals surface area contributed by atoms with Crippen molar-refractivity contribution in [1.82, 2.24) is 5.32 Å². The summed E-state index contributed by atoms with van der Waals surface area (Å²) in [6.45, 7) is 6.71. The molecule has 24 heavy (non-hydrogen) atoms. The van der Waals surface area contributed by atoms with Crippen LogP contribution in [0.2, 0.25) is 0 Å². The summed E-state index contributed by atoms with van der Waals surface area (Å²) < 4.78 is 22.7. The van der Waals surface area contributed by atoms with Crippen molar-refractivity contribution in [2.24, 2.45) is 11.3 Å². The van der Waals surface area contributed by atoms with Gasteiger partial charge in [0.15, 0.2) is 9.84 Å². The number of hydrogen-bond acceptors (Lipinski definition) is 3. The molecular formula is C19H29NO3S. The first-order valence-electron chi connectivity index (χ1n) is 8.64. The minimum absolute atomic E-state index is 0.00359. The molecule has 0 bridgehead atoms. The molecule has 1 amide bonds. The lowest BCUT2D eigenvalue weighted by Crippen LogP contribution is -2.46. The Kier molecular flexibility index (Phi) is 5.74. The van der Waals surface area contributed by atoms with Gasteiger partial charge in [-0.3, -0.25) is 4.79 Å².